The van der Waals surface area contributed by atoms with Crippen LogP contribution in [0.15, 0.2) is 58.4 Å². The van der Waals surface area contributed by atoms with Gasteiger partial charge in [0.05, 0.1) is 0 Å². The Morgan fingerprint density at radius 2 is 1.86 bits per heavy atom. The van der Waals surface area contributed by atoms with E-state index in [2.05, 4.69) is 33.8 Å². The van der Waals surface area contributed by atoms with E-state index in [1.807, 2.05) is 26.0 Å². The van der Waals surface area contributed by atoms with Crippen molar-refractivity contribution in [1.29, 1.82) is 0 Å². The van der Waals surface area contributed by atoms with Crippen molar-refractivity contribution >= 4 is 0 Å². The Bertz CT molecular complexity index is 522. The van der Waals surface area contributed by atoms with E-state index in [0.717, 1.165) is 11.1 Å². The molecule has 0 unspecified atom stereocenters. The van der Waals surface area contributed by atoms with Gasteiger partial charge in [-0.25, -0.2) is 0 Å². The molecule has 1 rings (SSSR count). The molecule has 1 heteroatoms. The van der Waals surface area contributed by atoms with Gasteiger partial charge in [-0.1, -0.05) is 49.3 Å². The third kappa shape index (κ3) is 5.08. The van der Waals surface area contributed by atoms with E-state index in [1.165, 1.54) is 30.4 Å². The predicted molar refractivity (Wildman–Crippen MR) is 93.1 cm³/mol. The molecule has 1 aliphatic rings. The van der Waals surface area contributed by atoms with E-state index in [0.29, 0.717) is 5.76 Å². The van der Waals surface area contributed by atoms with E-state index in [-0.39, 0.29) is 5.41 Å². The van der Waals surface area contributed by atoms with Crippen LogP contribution in [0.5, 0.6) is 0 Å². The van der Waals surface area contributed by atoms with Crippen LogP contribution in [0.25, 0.3) is 0 Å². The van der Waals surface area contributed by atoms with Crippen LogP contribution >= 0.6 is 0 Å². The average molecular weight is 285 g/mol. The third-order valence-corrected chi connectivity index (χ3v) is 4.27. The van der Waals surface area contributed by atoms with Crippen LogP contribution in [-0.2, 0) is 0 Å². The van der Waals surface area contributed by atoms with E-state index in [9.17, 15) is 5.11 Å². The maximum absolute atomic E-state index is 10.1. The molecular weight excluding hydrogens is 256 g/mol. The molecule has 0 saturated carbocycles. The highest BCUT2D eigenvalue weighted by Crippen LogP contribution is 2.40. The highest BCUT2D eigenvalue weighted by Gasteiger charge is 2.26. The van der Waals surface area contributed by atoms with Crippen LogP contribution in [0, 0.1) is 12.3 Å². The fraction of sp³-hybridized carbons (Fsp3) is 0.450. The van der Waals surface area contributed by atoms with Crippen LogP contribution in [0.3, 0.4) is 0 Å². The first-order valence-corrected chi connectivity index (χ1v) is 7.70. The summed E-state index contributed by atoms with van der Waals surface area (Å²) in [6.07, 6.45) is 13.3. The second-order valence-electron chi connectivity index (χ2n) is 6.61. The Kier molecular flexibility index (Phi) is 6.26. The van der Waals surface area contributed by atoms with Gasteiger partial charge in [-0.15, -0.1) is 0 Å². The molecule has 0 heterocycles. The lowest BCUT2D eigenvalue weighted by molar-refractivity contribution is 0.376. The van der Waals surface area contributed by atoms with Gasteiger partial charge in [0.1, 0.15) is 5.76 Å². The van der Waals surface area contributed by atoms with Crippen molar-refractivity contribution in [3.05, 3.63) is 65.4 Å². The molecule has 1 aliphatic carbocycles. The van der Waals surface area contributed by atoms with Gasteiger partial charge in [0.2, 0.25) is 0 Å². The fourth-order valence-corrected chi connectivity index (χ4v) is 2.71. The van der Waals surface area contributed by atoms with Crippen LogP contribution in [-0.4, -0.2) is 5.11 Å². The first-order valence-electron chi connectivity index (χ1n) is 7.70. The minimum Gasteiger partial charge on any atom is -0.508 e. The van der Waals surface area contributed by atoms with Gasteiger partial charge in [-0.05, 0) is 69.6 Å². The van der Waals surface area contributed by atoms with Crippen molar-refractivity contribution in [2.75, 3.05) is 0 Å². The van der Waals surface area contributed by atoms with Gasteiger partial charge >= 0.3 is 0 Å². The molecular formula is C20H29O. The normalized spacial score (nSPS) is 21.3. The lowest BCUT2D eigenvalue weighted by Crippen LogP contribution is -2.19. The Morgan fingerprint density at radius 1 is 1.19 bits per heavy atom. The molecule has 0 aromatic carbocycles. The topological polar surface area (TPSA) is 20.2 Å². The average Bonchev–Trinajstić information content (AvgIpc) is 2.42. The standard InChI is InChI=1S/C20H29O/c1-7-15(2)10-13-19(21)17(4)11-12-18-16(3)9-8-14-20(18,5)6/h7,10-13,21H,1,8-9,14H2,2-6H3/b12-11?,13-10-,15-7-,19-17?. The summed E-state index contributed by atoms with van der Waals surface area (Å²) in [6, 6.07) is 0. The summed E-state index contributed by atoms with van der Waals surface area (Å²) >= 11 is 0. The van der Waals surface area contributed by atoms with Crippen LogP contribution < -0.4 is 0 Å². The van der Waals surface area contributed by atoms with Crippen LogP contribution in [0.1, 0.15) is 53.9 Å². The van der Waals surface area contributed by atoms with Crippen molar-refractivity contribution in [2.24, 2.45) is 5.41 Å². The van der Waals surface area contributed by atoms with Crippen molar-refractivity contribution in [2.45, 2.75) is 53.9 Å². The Balaban J connectivity index is 2.95. The first kappa shape index (κ1) is 17.6. The fourth-order valence-electron chi connectivity index (χ4n) is 2.71. The van der Waals surface area contributed by atoms with E-state index in [4.69, 9.17) is 0 Å². The van der Waals surface area contributed by atoms with Gasteiger partial charge in [0.25, 0.3) is 0 Å². The number of allylic oxidation sites excluding steroid dienone is 9. The van der Waals surface area contributed by atoms with Gasteiger partial charge in [-0.2, -0.15) is 0 Å². The molecule has 0 atom stereocenters. The van der Waals surface area contributed by atoms with Crippen molar-refractivity contribution in [3.8, 4) is 0 Å². The summed E-state index contributed by atoms with van der Waals surface area (Å²) in [5.41, 5.74) is 5.03. The molecule has 115 valence electrons. The molecule has 1 radical (unpaired) electrons. The Morgan fingerprint density at radius 3 is 2.43 bits per heavy atom. The zero-order valence-corrected chi connectivity index (χ0v) is 14.2. The summed E-state index contributed by atoms with van der Waals surface area (Å²) in [6.45, 7) is 14.4. The Hall–Kier alpha value is -1.50. The number of hydrogen-bond acceptors (Lipinski definition) is 1. The predicted octanol–water partition coefficient (Wildman–Crippen LogP) is 6.24. The molecule has 1 N–H and O–H groups in total. The maximum Gasteiger partial charge on any atom is 0.118 e. The van der Waals surface area contributed by atoms with Gasteiger partial charge < -0.3 is 5.11 Å². The second-order valence-corrected chi connectivity index (χ2v) is 6.61. The molecule has 0 fully saturated rings. The molecule has 0 aromatic heterocycles. The number of hydrogen-bond donors (Lipinski definition) is 1. The number of aliphatic hydroxyl groups excluding tert-OH is 1. The number of aliphatic hydroxyl groups is 1. The first-order chi connectivity index (χ1) is 9.77. The lowest BCUT2D eigenvalue weighted by atomic mass is 9.72. The molecule has 0 bridgehead atoms. The summed E-state index contributed by atoms with van der Waals surface area (Å²) < 4.78 is 0. The monoisotopic (exact) mass is 285 g/mol. The van der Waals surface area contributed by atoms with Crippen LogP contribution in [0.2, 0.25) is 0 Å². The minimum atomic E-state index is 0.234. The van der Waals surface area contributed by atoms with Gasteiger partial charge in [-0.3, -0.25) is 0 Å². The highest BCUT2D eigenvalue weighted by atomic mass is 16.3. The van der Waals surface area contributed by atoms with E-state index < -0.39 is 0 Å². The Labute approximate surface area is 130 Å². The summed E-state index contributed by atoms with van der Waals surface area (Å²) in [7, 11) is 0. The summed E-state index contributed by atoms with van der Waals surface area (Å²) in [4.78, 5) is 0. The van der Waals surface area contributed by atoms with Crippen molar-refractivity contribution in [1.82, 2.24) is 0 Å². The molecule has 0 saturated heterocycles. The quantitative estimate of drug-likeness (QED) is 0.479. The zero-order chi connectivity index (χ0) is 16.0. The molecule has 21 heavy (non-hydrogen) atoms. The molecule has 0 aliphatic heterocycles. The SMILES string of the molecule is [CH2]/C=C(C)\C=C/C(O)=C(C)C=CC1=C(C)CCCC1(C)C. The van der Waals surface area contributed by atoms with Gasteiger partial charge in [0.15, 0.2) is 0 Å². The molecule has 1 nitrogen and oxygen atoms in total. The van der Waals surface area contributed by atoms with Crippen LogP contribution in [0.4, 0.5) is 0 Å². The van der Waals surface area contributed by atoms with Crippen molar-refractivity contribution in [3.63, 3.8) is 0 Å². The molecule has 0 aromatic rings. The summed E-state index contributed by atoms with van der Waals surface area (Å²) in [5.74, 6) is 0.305. The minimum absolute atomic E-state index is 0.234. The molecule has 0 amide bonds. The second kappa shape index (κ2) is 7.49. The highest BCUT2D eigenvalue weighted by molar-refractivity contribution is 5.38. The largest absolute Gasteiger partial charge is 0.508 e. The van der Waals surface area contributed by atoms with E-state index >= 15 is 0 Å². The number of rotatable bonds is 4. The molecule has 0 spiro atoms. The summed E-state index contributed by atoms with van der Waals surface area (Å²) in [5, 5.41) is 10.1. The van der Waals surface area contributed by atoms with E-state index in [1.54, 1.807) is 12.2 Å². The lowest BCUT2D eigenvalue weighted by Gasteiger charge is -2.32. The maximum atomic E-state index is 10.1. The third-order valence-electron chi connectivity index (χ3n) is 4.27. The van der Waals surface area contributed by atoms with Crippen molar-refractivity contribution < 1.29 is 5.11 Å². The smallest absolute Gasteiger partial charge is 0.118 e. The van der Waals surface area contributed by atoms with Gasteiger partial charge in [0, 0.05) is 0 Å². The zero-order valence-electron chi connectivity index (χ0n) is 14.2.